The first-order chi connectivity index (χ1) is 6.53. The molecular formula is C9H17NO4S. The predicted octanol–water partition coefficient (Wildman–Crippen LogP) is 0.434. The zero-order valence-corrected chi connectivity index (χ0v) is 10.3. The van der Waals surface area contributed by atoms with Crippen molar-refractivity contribution in [3.8, 4) is 0 Å². The van der Waals surface area contributed by atoms with E-state index in [4.69, 9.17) is 4.74 Å². The van der Waals surface area contributed by atoms with Gasteiger partial charge in [-0.15, -0.1) is 0 Å². The van der Waals surface area contributed by atoms with Crippen LogP contribution < -0.4 is 4.72 Å². The summed E-state index contributed by atoms with van der Waals surface area (Å²) in [5.74, 6) is -0.529. The molecule has 0 aromatic carbocycles. The van der Waals surface area contributed by atoms with Crippen LogP contribution in [0.3, 0.4) is 0 Å². The number of nitrogens with one attached hydrogen (secondary N) is 1. The molecule has 0 rings (SSSR count). The fourth-order valence-electron chi connectivity index (χ4n) is 0.901. The average molecular weight is 235 g/mol. The van der Waals surface area contributed by atoms with E-state index in [1.165, 1.54) is 6.92 Å². The Morgan fingerprint density at radius 2 is 1.93 bits per heavy atom. The topological polar surface area (TPSA) is 72.5 Å². The molecule has 15 heavy (non-hydrogen) atoms. The monoisotopic (exact) mass is 235 g/mol. The first kappa shape index (κ1) is 14.1. The summed E-state index contributed by atoms with van der Waals surface area (Å²) in [5.41, 5.74) is -0.538. The van der Waals surface area contributed by atoms with Crippen LogP contribution in [0.15, 0.2) is 12.2 Å². The summed E-state index contributed by atoms with van der Waals surface area (Å²) in [7, 11) is -3.31. The molecule has 0 heterocycles. The number of ether oxygens (including phenoxy) is 1. The normalized spacial score (nSPS) is 12.3. The molecule has 0 saturated carbocycles. The zero-order chi connectivity index (χ0) is 12.3. The molecule has 0 bridgehead atoms. The summed E-state index contributed by atoms with van der Waals surface area (Å²) in [6, 6.07) is 0. The quantitative estimate of drug-likeness (QED) is 0.554. The largest absolute Gasteiger partial charge is 0.460 e. The molecule has 0 amide bonds. The Hall–Kier alpha value is -0.880. The van der Waals surface area contributed by atoms with Crippen molar-refractivity contribution in [1.29, 1.82) is 0 Å². The average Bonchev–Trinajstić information content (AvgIpc) is 1.95. The second-order valence-corrected chi connectivity index (χ2v) is 5.86. The molecule has 6 heteroatoms. The maximum absolute atomic E-state index is 11.1. The van der Waals surface area contributed by atoms with Crippen LogP contribution in [0.5, 0.6) is 0 Å². The number of carbonyl (C=O) groups is 1. The van der Waals surface area contributed by atoms with Crippen LogP contribution in [0.2, 0.25) is 0 Å². The molecule has 5 nitrogen and oxygen atoms in total. The van der Waals surface area contributed by atoms with E-state index >= 15 is 0 Å². The highest BCUT2D eigenvalue weighted by molar-refractivity contribution is 7.88. The lowest BCUT2D eigenvalue weighted by Crippen LogP contribution is -2.46. The minimum absolute atomic E-state index is 0.0359. The lowest BCUT2D eigenvalue weighted by Gasteiger charge is -2.24. The second-order valence-electron chi connectivity index (χ2n) is 4.11. The van der Waals surface area contributed by atoms with Gasteiger partial charge in [-0.05, 0) is 20.8 Å². The van der Waals surface area contributed by atoms with Gasteiger partial charge in [-0.3, -0.25) is 0 Å². The Kier molecular flexibility index (Phi) is 4.48. The Bertz CT molecular complexity index is 356. The van der Waals surface area contributed by atoms with Crippen molar-refractivity contribution in [2.75, 3.05) is 12.9 Å². The van der Waals surface area contributed by atoms with Crippen molar-refractivity contribution < 1.29 is 17.9 Å². The van der Waals surface area contributed by atoms with E-state index in [1.807, 2.05) is 0 Å². The number of carbonyl (C=O) groups excluding carboxylic acids is 1. The molecule has 0 atom stereocenters. The number of hydrogen-bond donors (Lipinski definition) is 1. The van der Waals surface area contributed by atoms with Crippen LogP contribution in [-0.2, 0) is 19.6 Å². The van der Waals surface area contributed by atoms with Gasteiger partial charge in [0.1, 0.15) is 6.61 Å². The summed E-state index contributed by atoms with van der Waals surface area (Å²) in [4.78, 5) is 11.1. The fraction of sp³-hybridized carbons (Fsp3) is 0.667. The van der Waals surface area contributed by atoms with Gasteiger partial charge in [-0.25, -0.2) is 17.9 Å². The molecule has 88 valence electrons. The van der Waals surface area contributed by atoms with Crippen molar-refractivity contribution in [2.24, 2.45) is 0 Å². The standard InChI is InChI=1S/C9H17NO4S/c1-7(2)8(11)14-6-9(3,4)10-15(5,12)13/h10H,1,6H2,2-5H3. The minimum atomic E-state index is -3.31. The third-order valence-electron chi connectivity index (χ3n) is 1.37. The second kappa shape index (κ2) is 4.76. The third-order valence-corrected chi connectivity index (χ3v) is 2.30. The first-order valence-electron chi connectivity index (χ1n) is 4.35. The molecule has 0 aliphatic carbocycles. The van der Waals surface area contributed by atoms with Crippen molar-refractivity contribution in [3.63, 3.8) is 0 Å². The Morgan fingerprint density at radius 3 is 2.27 bits per heavy atom. The van der Waals surface area contributed by atoms with Gasteiger partial charge in [0.15, 0.2) is 0 Å². The van der Waals surface area contributed by atoms with Crippen LogP contribution in [-0.4, -0.2) is 32.8 Å². The highest BCUT2D eigenvalue weighted by Crippen LogP contribution is 2.06. The summed E-state index contributed by atoms with van der Waals surface area (Å²) < 4.78 is 29.1. The number of hydrogen-bond acceptors (Lipinski definition) is 4. The van der Waals surface area contributed by atoms with Crippen LogP contribution in [0.4, 0.5) is 0 Å². The van der Waals surface area contributed by atoms with E-state index in [9.17, 15) is 13.2 Å². The fourth-order valence-corrected chi connectivity index (χ4v) is 1.96. The number of sulfonamides is 1. The van der Waals surface area contributed by atoms with E-state index in [-0.39, 0.29) is 12.2 Å². The SMILES string of the molecule is C=C(C)C(=O)OCC(C)(C)NS(C)(=O)=O. The molecule has 0 unspecified atom stereocenters. The summed E-state index contributed by atoms with van der Waals surface area (Å²) >= 11 is 0. The molecule has 0 aliphatic heterocycles. The van der Waals surface area contributed by atoms with Crippen molar-refractivity contribution in [3.05, 3.63) is 12.2 Å². The highest BCUT2D eigenvalue weighted by atomic mass is 32.2. The van der Waals surface area contributed by atoms with Crippen molar-refractivity contribution >= 4 is 16.0 Å². The van der Waals surface area contributed by atoms with Crippen molar-refractivity contribution in [1.82, 2.24) is 4.72 Å². The van der Waals surface area contributed by atoms with Crippen LogP contribution in [0.25, 0.3) is 0 Å². The molecule has 0 aromatic heterocycles. The summed E-state index contributed by atoms with van der Waals surface area (Å²) in [6.45, 7) is 8.16. The van der Waals surface area contributed by atoms with Gasteiger partial charge in [-0.2, -0.15) is 0 Å². The Labute approximate surface area is 90.6 Å². The van der Waals surface area contributed by atoms with E-state index in [1.54, 1.807) is 13.8 Å². The molecule has 0 radical (unpaired) electrons. The molecule has 0 aromatic rings. The molecular weight excluding hydrogens is 218 g/mol. The zero-order valence-electron chi connectivity index (χ0n) is 9.46. The summed E-state index contributed by atoms with van der Waals surface area (Å²) in [6.07, 6.45) is 1.05. The van der Waals surface area contributed by atoms with Gasteiger partial charge in [0.05, 0.1) is 11.8 Å². The van der Waals surface area contributed by atoms with E-state index in [0.29, 0.717) is 0 Å². The van der Waals surface area contributed by atoms with Gasteiger partial charge in [-0.1, -0.05) is 6.58 Å². The minimum Gasteiger partial charge on any atom is -0.460 e. The lowest BCUT2D eigenvalue weighted by molar-refractivity contribution is -0.140. The number of rotatable bonds is 5. The third kappa shape index (κ3) is 7.10. The van der Waals surface area contributed by atoms with Crippen molar-refractivity contribution in [2.45, 2.75) is 26.3 Å². The van der Waals surface area contributed by atoms with Gasteiger partial charge in [0.25, 0.3) is 0 Å². The summed E-state index contributed by atoms with van der Waals surface area (Å²) in [5, 5.41) is 0. The Morgan fingerprint density at radius 1 is 1.47 bits per heavy atom. The predicted molar refractivity (Wildman–Crippen MR) is 57.8 cm³/mol. The van der Waals surface area contributed by atoms with Crippen LogP contribution in [0, 0.1) is 0 Å². The molecule has 1 N–H and O–H groups in total. The first-order valence-corrected chi connectivity index (χ1v) is 6.24. The highest BCUT2D eigenvalue weighted by Gasteiger charge is 2.24. The lowest BCUT2D eigenvalue weighted by atomic mass is 10.1. The van der Waals surface area contributed by atoms with Crippen LogP contribution in [0.1, 0.15) is 20.8 Å². The van der Waals surface area contributed by atoms with E-state index < -0.39 is 21.5 Å². The molecule has 0 aliphatic rings. The van der Waals surface area contributed by atoms with Gasteiger partial charge in [0.2, 0.25) is 10.0 Å². The molecule has 0 spiro atoms. The number of esters is 1. The van der Waals surface area contributed by atoms with E-state index in [2.05, 4.69) is 11.3 Å². The van der Waals surface area contributed by atoms with E-state index in [0.717, 1.165) is 6.26 Å². The maximum atomic E-state index is 11.1. The van der Waals surface area contributed by atoms with Gasteiger partial charge in [0, 0.05) is 5.57 Å². The molecule has 0 saturated heterocycles. The Balaban J connectivity index is 4.28. The van der Waals surface area contributed by atoms with Gasteiger partial charge < -0.3 is 4.74 Å². The maximum Gasteiger partial charge on any atom is 0.333 e. The van der Waals surface area contributed by atoms with Crippen LogP contribution >= 0.6 is 0 Å². The molecule has 0 fully saturated rings. The van der Waals surface area contributed by atoms with Gasteiger partial charge >= 0.3 is 5.97 Å². The smallest absolute Gasteiger partial charge is 0.333 e.